The Kier molecular flexibility index (Phi) is 4.96. The average Bonchev–Trinajstić information content (AvgIpc) is 2.79. The number of nitrogens with zero attached hydrogens (tertiary/aromatic N) is 4. The smallest absolute Gasteiger partial charge is 0.248 e. The zero-order chi connectivity index (χ0) is 20.5. The third-order valence-electron chi connectivity index (χ3n) is 5.57. The fraction of sp³-hybridized carbons (Fsp3) is 0.400. The summed E-state index contributed by atoms with van der Waals surface area (Å²) in [5.41, 5.74) is 7.02. The number of nitrogens with two attached hydrogens (primary N) is 1. The van der Waals surface area contributed by atoms with Gasteiger partial charge in [-0.1, -0.05) is 0 Å². The number of nitrogens with one attached hydrogen (secondary N) is 1. The van der Waals surface area contributed by atoms with Gasteiger partial charge in [-0.15, -0.1) is 0 Å². The molecule has 1 aliphatic carbocycles. The van der Waals surface area contributed by atoms with Gasteiger partial charge in [0, 0.05) is 31.6 Å². The van der Waals surface area contributed by atoms with E-state index in [0.717, 1.165) is 18.7 Å². The van der Waals surface area contributed by atoms with Crippen LogP contribution in [0, 0.1) is 0 Å². The highest BCUT2D eigenvalue weighted by Gasteiger charge is 2.33. The van der Waals surface area contributed by atoms with Gasteiger partial charge >= 0.3 is 0 Å². The van der Waals surface area contributed by atoms with Crippen LogP contribution < -0.4 is 25.6 Å². The van der Waals surface area contributed by atoms with E-state index in [1.54, 1.807) is 36.3 Å². The highest BCUT2D eigenvalue weighted by atomic mass is 16.5. The van der Waals surface area contributed by atoms with Crippen molar-refractivity contribution in [3.05, 3.63) is 30.0 Å². The van der Waals surface area contributed by atoms with Crippen molar-refractivity contribution < 1.29 is 14.3 Å². The second-order valence-electron chi connectivity index (χ2n) is 7.29. The summed E-state index contributed by atoms with van der Waals surface area (Å²) in [6, 6.07) is 5.29. The lowest BCUT2D eigenvalue weighted by Crippen LogP contribution is -2.41. The molecule has 2 amide bonds. The van der Waals surface area contributed by atoms with Crippen LogP contribution in [0.25, 0.3) is 0 Å². The summed E-state index contributed by atoms with van der Waals surface area (Å²) in [7, 11) is 3.27. The molecule has 4 rings (SSSR count). The van der Waals surface area contributed by atoms with Crippen LogP contribution in [0.3, 0.4) is 0 Å². The van der Waals surface area contributed by atoms with Gasteiger partial charge in [0.05, 0.1) is 19.0 Å². The summed E-state index contributed by atoms with van der Waals surface area (Å²) >= 11 is 0. The number of carbonyl (C=O) groups is 2. The Labute approximate surface area is 168 Å². The van der Waals surface area contributed by atoms with E-state index in [9.17, 15) is 9.59 Å². The lowest BCUT2D eigenvalue weighted by Gasteiger charge is -2.38. The average molecular weight is 396 g/mol. The first kappa shape index (κ1) is 19.0. The second kappa shape index (κ2) is 7.57. The zero-order valence-electron chi connectivity index (χ0n) is 16.5. The van der Waals surface area contributed by atoms with Crippen LogP contribution in [-0.4, -0.2) is 48.5 Å². The number of methoxy groups -OCH3 is 1. The zero-order valence-corrected chi connectivity index (χ0v) is 16.5. The van der Waals surface area contributed by atoms with Crippen molar-refractivity contribution in [3.8, 4) is 5.75 Å². The summed E-state index contributed by atoms with van der Waals surface area (Å²) in [6.07, 6.45) is 5.53. The maximum absolute atomic E-state index is 12.4. The number of ether oxygens (including phenoxy) is 1. The first-order valence-electron chi connectivity index (χ1n) is 9.63. The summed E-state index contributed by atoms with van der Waals surface area (Å²) in [6.45, 7) is 0.647. The molecule has 1 fully saturated rings. The minimum Gasteiger partial charge on any atom is -0.495 e. The lowest BCUT2D eigenvalue weighted by atomic mass is 9.91. The summed E-state index contributed by atoms with van der Waals surface area (Å²) in [5.74, 6) is 1.14. The number of rotatable bonds is 5. The number of aromatic nitrogens is 2. The van der Waals surface area contributed by atoms with Gasteiger partial charge in [0.2, 0.25) is 17.8 Å². The van der Waals surface area contributed by atoms with E-state index >= 15 is 0 Å². The molecule has 1 aromatic carbocycles. The van der Waals surface area contributed by atoms with E-state index in [2.05, 4.69) is 15.2 Å². The molecule has 1 aromatic heterocycles. The van der Waals surface area contributed by atoms with Crippen molar-refractivity contribution in [1.29, 1.82) is 0 Å². The number of primary amides is 1. The number of hydrogen-bond acceptors (Lipinski definition) is 7. The van der Waals surface area contributed by atoms with E-state index in [1.807, 2.05) is 0 Å². The maximum Gasteiger partial charge on any atom is 0.248 e. The number of carbonyl (C=O) groups excluding carboxylic acids is 2. The van der Waals surface area contributed by atoms with Gasteiger partial charge in [-0.2, -0.15) is 4.98 Å². The molecule has 0 bridgehead atoms. The summed E-state index contributed by atoms with van der Waals surface area (Å²) < 4.78 is 5.37. The molecule has 29 heavy (non-hydrogen) atoms. The van der Waals surface area contributed by atoms with Crippen molar-refractivity contribution >= 4 is 35.0 Å². The van der Waals surface area contributed by atoms with Crippen LogP contribution in [-0.2, 0) is 4.79 Å². The third kappa shape index (κ3) is 3.55. The van der Waals surface area contributed by atoms with Gasteiger partial charge in [0.1, 0.15) is 11.4 Å². The summed E-state index contributed by atoms with van der Waals surface area (Å²) in [5, 5.41) is 3.15. The molecular formula is C20H24N6O3. The van der Waals surface area contributed by atoms with Crippen LogP contribution in [0.2, 0.25) is 0 Å². The van der Waals surface area contributed by atoms with Gasteiger partial charge in [0.15, 0.2) is 5.82 Å². The van der Waals surface area contributed by atoms with Crippen molar-refractivity contribution in [2.75, 3.05) is 35.8 Å². The number of fused-ring (bicyclic) bond motifs is 1. The largest absolute Gasteiger partial charge is 0.495 e. The molecule has 0 radical (unpaired) electrons. The fourth-order valence-electron chi connectivity index (χ4n) is 3.62. The van der Waals surface area contributed by atoms with Crippen molar-refractivity contribution in [2.24, 2.45) is 5.73 Å². The Morgan fingerprint density at radius 3 is 2.79 bits per heavy atom. The lowest BCUT2D eigenvalue weighted by molar-refractivity contribution is -0.118. The Balaban J connectivity index is 1.69. The highest BCUT2D eigenvalue weighted by Crippen LogP contribution is 2.37. The Morgan fingerprint density at radius 1 is 1.34 bits per heavy atom. The van der Waals surface area contributed by atoms with Crippen molar-refractivity contribution in [1.82, 2.24) is 9.97 Å². The van der Waals surface area contributed by atoms with Crippen molar-refractivity contribution in [2.45, 2.75) is 31.7 Å². The van der Waals surface area contributed by atoms with Gasteiger partial charge in [-0.25, -0.2) is 4.98 Å². The van der Waals surface area contributed by atoms with Crippen LogP contribution in [0.1, 0.15) is 36.0 Å². The van der Waals surface area contributed by atoms with E-state index < -0.39 is 5.91 Å². The quantitative estimate of drug-likeness (QED) is 0.795. The normalized spacial score (nSPS) is 16.7. The second-order valence-corrected chi connectivity index (χ2v) is 7.29. The van der Waals surface area contributed by atoms with Gasteiger partial charge in [-0.3, -0.25) is 9.59 Å². The first-order chi connectivity index (χ1) is 14.0. The van der Waals surface area contributed by atoms with E-state index in [1.165, 1.54) is 13.5 Å². The monoisotopic (exact) mass is 396 g/mol. The SMILES string of the molecule is COc1cc(C(N)=O)ccc1Nc1ncc2c(n1)N(C1CCC1)CCC(=O)N2C. The van der Waals surface area contributed by atoms with Crippen LogP contribution in [0.4, 0.5) is 23.1 Å². The van der Waals surface area contributed by atoms with Crippen LogP contribution >= 0.6 is 0 Å². The fourth-order valence-corrected chi connectivity index (χ4v) is 3.62. The number of anilines is 4. The standard InChI is InChI=1S/C20H24N6O3/c1-25-15-11-22-20(23-14-7-6-12(18(21)28)10-16(14)29-2)24-19(15)26(9-8-17(25)27)13-4-3-5-13/h6-7,10-11,13H,3-5,8-9H2,1-2H3,(H2,21,28)(H,22,23,24). The Hall–Kier alpha value is -3.36. The number of amides is 2. The highest BCUT2D eigenvalue weighted by molar-refractivity contribution is 5.97. The molecular weight excluding hydrogens is 372 g/mol. The molecule has 9 nitrogen and oxygen atoms in total. The molecule has 2 heterocycles. The molecule has 152 valence electrons. The molecule has 1 aliphatic heterocycles. The molecule has 0 unspecified atom stereocenters. The molecule has 0 saturated heterocycles. The molecule has 3 N–H and O–H groups in total. The van der Waals surface area contributed by atoms with Crippen LogP contribution in [0.5, 0.6) is 5.75 Å². The first-order valence-corrected chi connectivity index (χ1v) is 9.63. The van der Waals surface area contributed by atoms with Crippen LogP contribution in [0.15, 0.2) is 24.4 Å². The third-order valence-corrected chi connectivity index (χ3v) is 5.57. The topological polar surface area (TPSA) is 114 Å². The van der Waals surface area contributed by atoms with E-state index in [-0.39, 0.29) is 5.91 Å². The Morgan fingerprint density at radius 2 is 2.14 bits per heavy atom. The van der Waals surface area contributed by atoms with Gasteiger partial charge in [0.25, 0.3) is 0 Å². The molecule has 2 aliphatic rings. The van der Waals surface area contributed by atoms with Crippen molar-refractivity contribution in [3.63, 3.8) is 0 Å². The van der Waals surface area contributed by atoms with Gasteiger partial charge < -0.3 is 25.6 Å². The van der Waals surface area contributed by atoms with E-state index in [0.29, 0.717) is 47.6 Å². The molecule has 2 aromatic rings. The van der Waals surface area contributed by atoms with E-state index in [4.69, 9.17) is 15.5 Å². The van der Waals surface area contributed by atoms with Gasteiger partial charge in [-0.05, 0) is 37.5 Å². The summed E-state index contributed by atoms with van der Waals surface area (Å²) in [4.78, 5) is 36.8. The molecule has 9 heteroatoms. The molecule has 1 saturated carbocycles. The Bertz CT molecular complexity index is 959. The molecule has 0 spiro atoms. The minimum absolute atomic E-state index is 0.0566. The number of hydrogen-bond donors (Lipinski definition) is 2. The number of benzene rings is 1. The minimum atomic E-state index is -0.528. The predicted octanol–water partition coefficient (Wildman–Crippen LogP) is 2.05. The predicted molar refractivity (Wildman–Crippen MR) is 110 cm³/mol. The maximum atomic E-state index is 12.4. The molecule has 0 atom stereocenters.